The number of rotatable bonds is 9. The van der Waals surface area contributed by atoms with Gasteiger partial charge in [0.15, 0.2) is 0 Å². The first-order chi connectivity index (χ1) is 20.5. The molecule has 1 amide bonds. The highest BCUT2D eigenvalue weighted by Crippen LogP contribution is 2.40. The monoisotopic (exact) mass is 618 g/mol. The fourth-order valence-corrected chi connectivity index (χ4v) is 9.68. The first kappa shape index (κ1) is 32.5. The van der Waals surface area contributed by atoms with Crippen molar-refractivity contribution in [2.75, 3.05) is 25.4 Å². The van der Waals surface area contributed by atoms with Crippen LogP contribution in [0.2, 0.25) is 0 Å². The van der Waals surface area contributed by atoms with Gasteiger partial charge >= 0.3 is 0 Å². The van der Waals surface area contributed by atoms with Gasteiger partial charge in [0.1, 0.15) is 5.82 Å². The molecule has 1 aliphatic carbocycles. The Bertz CT molecular complexity index is 1220. The molecule has 1 aromatic rings. The molecule has 4 aliphatic rings. The number of sulfonamides is 1. The molecule has 4 N–H and O–H groups in total. The summed E-state index contributed by atoms with van der Waals surface area (Å²) < 4.78 is 47.7. The predicted octanol–water partition coefficient (Wildman–Crippen LogP) is 4.22. The molecule has 0 aromatic heterocycles. The van der Waals surface area contributed by atoms with E-state index >= 15 is 0 Å². The summed E-state index contributed by atoms with van der Waals surface area (Å²) in [6.45, 7) is 5.97. The molecule has 3 fully saturated rings. The standard InChI is InChI=1S/C33H51FN4O4S/c1-33(2)20-25(17-18-42-33)30(24-13-15-26(34)16-14-24)31(35)32(39)37-29-12-7-9-23(29)8-6-11-28-21-36-27-10-4-3-5-19-43(40,41)38(28)22-27/h3-4,13-16,23,25,27-31,36H,5-12,17-22,35H2,1-2H3,(H,37,39)/b4-3-/t23-,25?,27?,28-,29-,30?,31-/m0/s1. The molecule has 2 saturated heterocycles. The first-order valence-corrected chi connectivity index (χ1v) is 18.0. The molecule has 2 bridgehead atoms. The summed E-state index contributed by atoms with van der Waals surface area (Å²) >= 11 is 0. The van der Waals surface area contributed by atoms with Crippen LogP contribution < -0.4 is 16.4 Å². The maximum atomic E-state index is 13.8. The third kappa shape index (κ3) is 8.25. The fraction of sp³-hybridized carbons (Fsp3) is 0.727. The number of allylic oxidation sites excluding steroid dienone is 1. The normalized spacial score (nSPS) is 34.2. The maximum Gasteiger partial charge on any atom is 0.237 e. The van der Waals surface area contributed by atoms with Crippen molar-refractivity contribution >= 4 is 15.9 Å². The lowest BCUT2D eigenvalue weighted by atomic mass is 9.73. The third-order valence-corrected chi connectivity index (χ3v) is 12.1. The second-order valence-electron chi connectivity index (χ2n) is 13.8. The van der Waals surface area contributed by atoms with Crippen LogP contribution in [0.1, 0.15) is 89.5 Å². The van der Waals surface area contributed by atoms with Crippen LogP contribution >= 0.6 is 0 Å². The van der Waals surface area contributed by atoms with Crippen molar-refractivity contribution in [2.45, 2.75) is 114 Å². The van der Waals surface area contributed by atoms with E-state index in [1.807, 2.05) is 6.08 Å². The number of ether oxygens (including phenoxy) is 1. The van der Waals surface area contributed by atoms with E-state index in [0.717, 1.165) is 63.4 Å². The van der Waals surface area contributed by atoms with Crippen LogP contribution in [0.4, 0.5) is 4.39 Å². The van der Waals surface area contributed by atoms with E-state index in [1.165, 1.54) is 12.1 Å². The zero-order valence-electron chi connectivity index (χ0n) is 25.8. The van der Waals surface area contributed by atoms with Gasteiger partial charge in [-0.2, -0.15) is 4.31 Å². The Morgan fingerprint density at radius 3 is 2.74 bits per heavy atom. The summed E-state index contributed by atoms with van der Waals surface area (Å²) in [4.78, 5) is 13.7. The van der Waals surface area contributed by atoms with E-state index in [9.17, 15) is 17.6 Å². The molecule has 43 heavy (non-hydrogen) atoms. The van der Waals surface area contributed by atoms with Crippen molar-refractivity contribution in [2.24, 2.45) is 17.6 Å². The number of nitrogens with one attached hydrogen (secondary N) is 2. The lowest BCUT2D eigenvalue weighted by molar-refractivity contribution is -0.125. The Hall–Kier alpha value is -1.85. The highest BCUT2D eigenvalue weighted by molar-refractivity contribution is 7.89. The minimum Gasteiger partial charge on any atom is -0.376 e. The minimum absolute atomic E-state index is 0.0255. The number of fused-ring (bicyclic) bond motifs is 2. The van der Waals surface area contributed by atoms with Crippen molar-refractivity contribution in [1.29, 1.82) is 0 Å². The van der Waals surface area contributed by atoms with Crippen molar-refractivity contribution in [3.63, 3.8) is 0 Å². The molecule has 1 aromatic carbocycles. The van der Waals surface area contributed by atoms with Crippen LogP contribution in [0.15, 0.2) is 36.4 Å². The second-order valence-corrected chi connectivity index (χ2v) is 15.9. The Balaban J connectivity index is 1.19. The molecule has 10 heteroatoms. The number of hydrogen-bond acceptors (Lipinski definition) is 6. The predicted molar refractivity (Wildman–Crippen MR) is 167 cm³/mol. The first-order valence-electron chi connectivity index (χ1n) is 16.4. The SMILES string of the molecule is CC1(C)CC(C(c2ccc(F)cc2)[C@H](N)C(=O)N[C@H]2CCC[C@@H]2CCC[C@H]2CNC3C/C=C\CCS(=O)(=O)N2C3)CCO1. The molecule has 0 radical (unpaired) electrons. The van der Waals surface area contributed by atoms with E-state index in [1.54, 1.807) is 16.4 Å². The van der Waals surface area contributed by atoms with Crippen molar-refractivity contribution in [3.8, 4) is 0 Å². The molecule has 5 rings (SSSR count). The van der Waals surface area contributed by atoms with E-state index < -0.39 is 16.1 Å². The molecule has 8 atom stereocenters. The van der Waals surface area contributed by atoms with Crippen LogP contribution in [-0.2, 0) is 19.6 Å². The molecule has 4 unspecified atom stereocenters. The van der Waals surface area contributed by atoms with Crippen molar-refractivity contribution in [3.05, 3.63) is 47.8 Å². The van der Waals surface area contributed by atoms with Crippen molar-refractivity contribution in [1.82, 2.24) is 14.9 Å². The van der Waals surface area contributed by atoms with Gasteiger partial charge in [-0.15, -0.1) is 0 Å². The third-order valence-electron chi connectivity index (χ3n) is 10.2. The highest BCUT2D eigenvalue weighted by Gasteiger charge is 2.41. The van der Waals surface area contributed by atoms with Gasteiger partial charge in [-0.3, -0.25) is 4.79 Å². The summed E-state index contributed by atoms with van der Waals surface area (Å²) in [5, 5.41) is 6.88. The number of carbonyl (C=O) groups excluding carboxylic acids is 1. The number of carbonyl (C=O) groups is 1. The zero-order valence-corrected chi connectivity index (χ0v) is 26.7. The van der Waals surface area contributed by atoms with Gasteiger partial charge in [0.05, 0.1) is 17.4 Å². The Morgan fingerprint density at radius 2 is 1.98 bits per heavy atom. The highest BCUT2D eigenvalue weighted by atomic mass is 32.2. The van der Waals surface area contributed by atoms with Crippen LogP contribution in [-0.4, -0.2) is 73.8 Å². The largest absolute Gasteiger partial charge is 0.376 e. The van der Waals surface area contributed by atoms with Crippen LogP contribution in [0, 0.1) is 17.7 Å². The Morgan fingerprint density at radius 1 is 1.19 bits per heavy atom. The molecule has 0 spiro atoms. The van der Waals surface area contributed by atoms with Gasteiger partial charge in [-0.25, -0.2) is 12.8 Å². The Labute approximate surface area is 257 Å². The number of halogens is 1. The number of hydrogen-bond donors (Lipinski definition) is 3. The van der Waals surface area contributed by atoms with E-state index in [2.05, 4.69) is 30.6 Å². The Kier molecular flexibility index (Phi) is 10.6. The van der Waals surface area contributed by atoms with E-state index in [-0.39, 0.29) is 53.0 Å². The molecule has 3 aliphatic heterocycles. The van der Waals surface area contributed by atoms with Gasteiger partial charge in [0, 0.05) is 43.7 Å². The van der Waals surface area contributed by atoms with Gasteiger partial charge in [-0.05, 0) is 94.7 Å². The lowest BCUT2D eigenvalue weighted by Crippen LogP contribution is -2.58. The second kappa shape index (κ2) is 14.1. The number of piperazine rings is 1. The van der Waals surface area contributed by atoms with Crippen LogP contribution in [0.5, 0.6) is 0 Å². The molecular weight excluding hydrogens is 567 g/mol. The lowest BCUT2D eigenvalue weighted by Gasteiger charge is -2.41. The van der Waals surface area contributed by atoms with E-state index in [4.69, 9.17) is 10.5 Å². The summed E-state index contributed by atoms with van der Waals surface area (Å²) in [6.07, 6.45) is 12.8. The van der Waals surface area contributed by atoms with Gasteiger partial charge < -0.3 is 21.1 Å². The summed E-state index contributed by atoms with van der Waals surface area (Å²) in [5.41, 5.74) is 7.35. The molecule has 240 valence electrons. The topological polar surface area (TPSA) is 114 Å². The van der Waals surface area contributed by atoms with Gasteiger partial charge in [-0.1, -0.05) is 37.1 Å². The average molecular weight is 619 g/mol. The molecule has 3 heterocycles. The molecular formula is C33H51FN4O4S. The van der Waals surface area contributed by atoms with Gasteiger partial charge in [0.2, 0.25) is 15.9 Å². The fourth-order valence-electron chi connectivity index (χ4n) is 7.97. The number of amides is 1. The molecule has 8 nitrogen and oxygen atoms in total. The summed E-state index contributed by atoms with van der Waals surface area (Å²) in [7, 11) is -3.28. The van der Waals surface area contributed by atoms with Gasteiger partial charge in [0.25, 0.3) is 0 Å². The number of benzene rings is 1. The maximum absolute atomic E-state index is 13.8. The zero-order chi connectivity index (χ0) is 30.6. The van der Waals surface area contributed by atoms with Crippen molar-refractivity contribution < 1.29 is 22.3 Å². The number of nitrogens with zero attached hydrogens (tertiary/aromatic N) is 1. The minimum atomic E-state index is -3.28. The van der Waals surface area contributed by atoms with E-state index in [0.29, 0.717) is 32.0 Å². The summed E-state index contributed by atoms with van der Waals surface area (Å²) in [6, 6.07) is 5.89. The van der Waals surface area contributed by atoms with Crippen LogP contribution in [0.25, 0.3) is 0 Å². The quantitative estimate of drug-likeness (QED) is 0.357. The number of nitrogens with two attached hydrogens (primary N) is 1. The van der Waals surface area contributed by atoms with Crippen LogP contribution in [0.3, 0.4) is 0 Å². The smallest absolute Gasteiger partial charge is 0.237 e. The molecule has 1 saturated carbocycles. The summed E-state index contributed by atoms with van der Waals surface area (Å²) in [5.74, 6) is -0.00361. The average Bonchev–Trinajstić information content (AvgIpc) is 3.41.